The molecule has 3 aliphatic rings. The number of allylic oxidation sites excluding steroid dienone is 2. The minimum Gasteiger partial charge on any atom is -0.425 e. The number of fused-ring (bicyclic) bond motifs is 5. The molecule has 2 fully saturated rings. The molecule has 5 atom stereocenters. The van der Waals surface area contributed by atoms with Gasteiger partial charge in [-0.1, -0.05) is 83.0 Å². The Labute approximate surface area is 247 Å². The van der Waals surface area contributed by atoms with E-state index in [0.717, 1.165) is 22.3 Å². The molecular formula is C32H32BrN3O5. The van der Waals surface area contributed by atoms with E-state index in [9.17, 15) is 19.5 Å². The molecule has 0 spiro atoms. The Balaban J connectivity index is 1.34. The first-order valence-electron chi connectivity index (χ1n) is 14.0. The van der Waals surface area contributed by atoms with E-state index in [2.05, 4.69) is 26.1 Å². The lowest BCUT2D eigenvalue weighted by Gasteiger charge is -2.41. The van der Waals surface area contributed by atoms with Crippen LogP contribution in [0.15, 0.2) is 65.1 Å². The zero-order valence-corrected chi connectivity index (χ0v) is 24.8. The van der Waals surface area contributed by atoms with Crippen LogP contribution in [0.25, 0.3) is 11.1 Å². The van der Waals surface area contributed by atoms with Crippen LogP contribution in [0.5, 0.6) is 0 Å². The highest BCUT2D eigenvalue weighted by Gasteiger charge is 2.85. The molecule has 2 bridgehead atoms. The number of aliphatic hydroxyl groups is 1. The number of carbonyl (C=O) groups excluding carboxylic acids is 3. The number of hydrogen-bond donors (Lipinski definition) is 1. The number of likely N-dealkylation sites (tertiary alicyclic amines) is 1. The van der Waals surface area contributed by atoms with E-state index in [4.69, 9.17) is 4.42 Å². The Kier molecular flexibility index (Phi) is 6.65. The van der Waals surface area contributed by atoms with Gasteiger partial charge in [0.1, 0.15) is 4.32 Å². The van der Waals surface area contributed by atoms with Crippen LogP contribution in [-0.2, 0) is 14.4 Å². The molecule has 1 N–H and O–H groups in total. The lowest BCUT2D eigenvalue weighted by atomic mass is 9.63. The average Bonchev–Trinajstić information content (AvgIpc) is 3.59. The molecule has 2 aromatic carbocycles. The predicted molar refractivity (Wildman–Crippen MR) is 155 cm³/mol. The van der Waals surface area contributed by atoms with Crippen LogP contribution < -0.4 is 0 Å². The number of aromatic nitrogens is 2. The van der Waals surface area contributed by atoms with Crippen LogP contribution in [0, 0.1) is 23.7 Å². The first-order chi connectivity index (χ1) is 19.6. The van der Waals surface area contributed by atoms with Crippen molar-refractivity contribution in [2.24, 2.45) is 16.7 Å². The van der Waals surface area contributed by atoms with Crippen LogP contribution in [0.1, 0.15) is 61.9 Å². The summed E-state index contributed by atoms with van der Waals surface area (Å²) in [6.07, 6.45) is 1.76. The number of halogens is 1. The number of hydrogen-bond acceptors (Lipinski definition) is 7. The molecule has 212 valence electrons. The first kappa shape index (κ1) is 27.7. The van der Waals surface area contributed by atoms with Gasteiger partial charge < -0.3 is 9.52 Å². The largest absolute Gasteiger partial charge is 0.425 e. The fourth-order valence-corrected chi connectivity index (χ4v) is 8.75. The summed E-state index contributed by atoms with van der Waals surface area (Å²) in [7, 11) is 0. The van der Waals surface area contributed by atoms with E-state index in [0.29, 0.717) is 31.0 Å². The number of aryl methyl sites for hydroxylation is 1. The zero-order chi connectivity index (χ0) is 29.2. The number of ketones is 1. The van der Waals surface area contributed by atoms with Crippen LogP contribution in [0.3, 0.4) is 0 Å². The summed E-state index contributed by atoms with van der Waals surface area (Å²) in [5.41, 5.74) is 0.926. The number of benzene rings is 2. The van der Waals surface area contributed by atoms with Gasteiger partial charge in [-0.2, -0.15) is 0 Å². The van der Waals surface area contributed by atoms with Crippen LogP contribution in [0.4, 0.5) is 0 Å². The van der Waals surface area contributed by atoms with Crippen LogP contribution >= 0.6 is 15.9 Å². The summed E-state index contributed by atoms with van der Waals surface area (Å²) in [4.78, 5) is 44.2. The summed E-state index contributed by atoms with van der Waals surface area (Å²) in [6, 6.07) is 19.4. The SMILES string of the molecule is Cc1nnc([C@@H](CO)CCCCN2C(=O)C3C4(C)C(=O)C(C)(C(c5ccccc5)=C4c4ccccc4)C3(Br)C2=O)o1. The molecule has 9 heteroatoms. The Morgan fingerprint density at radius 2 is 1.56 bits per heavy atom. The molecule has 2 heterocycles. The molecule has 41 heavy (non-hydrogen) atoms. The van der Waals surface area contributed by atoms with Gasteiger partial charge in [-0.15, -0.1) is 10.2 Å². The fourth-order valence-electron chi connectivity index (χ4n) is 7.50. The highest BCUT2D eigenvalue weighted by atomic mass is 79.9. The van der Waals surface area contributed by atoms with E-state index in [1.165, 1.54) is 4.90 Å². The molecule has 8 nitrogen and oxygen atoms in total. The smallest absolute Gasteiger partial charge is 0.248 e. The van der Waals surface area contributed by atoms with Crippen molar-refractivity contribution in [3.8, 4) is 0 Å². The number of alkyl halides is 1. The average molecular weight is 619 g/mol. The normalized spacial score (nSPS) is 29.5. The summed E-state index contributed by atoms with van der Waals surface area (Å²) in [6.45, 7) is 5.46. The van der Waals surface area contributed by atoms with Crippen LogP contribution in [0.2, 0.25) is 0 Å². The Morgan fingerprint density at radius 1 is 0.951 bits per heavy atom. The van der Waals surface area contributed by atoms with Crippen molar-refractivity contribution in [3.63, 3.8) is 0 Å². The van der Waals surface area contributed by atoms with E-state index < -0.39 is 21.1 Å². The minimum atomic E-state index is -1.39. The number of nitrogens with zero attached hydrogens (tertiary/aromatic N) is 3. The number of unbranched alkanes of at least 4 members (excludes halogenated alkanes) is 1. The number of Topliss-reactive ketones (excluding diaryl/α,β-unsaturated/α-hetero) is 1. The van der Waals surface area contributed by atoms with E-state index in [1.807, 2.05) is 74.5 Å². The molecule has 0 radical (unpaired) electrons. The second kappa shape index (κ2) is 9.84. The van der Waals surface area contributed by atoms with Gasteiger partial charge in [0, 0.05) is 13.5 Å². The van der Waals surface area contributed by atoms with Gasteiger partial charge in [-0.05, 0) is 49.0 Å². The predicted octanol–water partition coefficient (Wildman–Crippen LogP) is 4.96. The zero-order valence-electron chi connectivity index (χ0n) is 23.3. The molecular weight excluding hydrogens is 586 g/mol. The molecule has 6 rings (SSSR count). The number of imide groups is 1. The third kappa shape index (κ3) is 3.64. The number of amides is 2. The van der Waals surface area contributed by atoms with Crippen molar-refractivity contribution >= 4 is 44.7 Å². The van der Waals surface area contributed by atoms with Crippen molar-refractivity contribution in [1.29, 1.82) is 0 Å². The van der Waals surface area contributed by atoms with Gasteiger partial charge in [0.2, 0.25) is 23.6 Å². The van der Waals surface area contributed by atoms with Crippen molar-refractivity contribution in [2.45, 2.75) is 50.3 Å². The lowest BCUT2D eigenvalue weighted by molar-refractivity contribution is -0.144. The molecule has 1 saturated carbocycles. The van der Waals surface area contributed by atoms with Crippen molar-refractivity contribution in [3.05, 3.63) is 83.6 Å². The molecule has 2 aliphatic carbocycles. The molecule has 1 saturated heterocycles. The van der Waals surface area contributed by atoms with Crippen molar-refractivity contribution in [2.75, 3.05) is 13.2 Å². The van der Waals surface area contributed by atoms with Crippen molar-refractivity contribution < 1.29 is 23.9 Å². The maximum absolute atomic E-state index is 14.5. The maximum Gasteiger partial charge on any atom is 0.248 e. The third-order valence-electron chi connectivity index (χ3n) is 9.39. The lowest BCUT2D eigenvalue weighted by Crippen LogP contribution is -2.50. The monoisotopic (exact) mass is 617 g/mol. The fraction of sp³-hybridized carbons (Fsp3) is 0.406. The van der Waals surface area contributed by atoms with Gasteiger partial charge in [0.15, 0.2) is 5.78 Å². The summed E-state index contributed by atoms with van der Waals surface area (Å²) in [5.74, 6) is -1.14. The molecule has 2 amide bonds. The van der Waals surface area contributed by atoms with E-state index in [1.54, 1.807) is 6.92 Å². The topological polar surface area (TPSA) is 114 Å². The molecule has 4 unspecified atom stereocenters. The third-order valence-corrected chi connectivity index (χ3v) is 11.0. The van der Waals surface area contributed by atoms with Crippen LogP contribution in [-0.4, -0.2) is 55.3 Å². The quantitative estimate of drug-likeness (QED) is 0.205. The van der Waals surface area contributed by atoms with Gasteiger partial charge >= 0.3 is 0 Å². The van der Waals surface area contributed by atoms with Crippen molar-refractivity contribution in [1.82, 2.24) is 15.1 Å². The van der Waals surface area contributed by atoms with E-state index >= 15 is 0 Å². The Bertz CT molecular complexity index is 1570. The van der Waals surface area contributed by atoms with Gasteiger partial charge in [-0.3, -0.25) is 19.3 Å². The molecule has 1 aliphatic heterocycles. The van der Waals surface area contributed by atoms with Gasteiger partial charge in [0.05, 0.1) is 29.3 Å². The molecule has 1 aromatic heterocycles. The van der Waals surface area contributed by atoms with Gasteiger partial charge in [0.25, 0.3) is 0 Å². The Hall–Kier alpha value is -3.43. The summed E-state index contributed by atoms with van der Waals surface area (Å²) >= 11 is 3.79. The summed E-state index contributed by atoms with van der Waals surface area (Å²) < 4.78 is 4.09. The minimum absolute atomic E-state index is 0.105. The second-order valence-corrected chi connectivity index (χ2v) is 12.9. The summed E-state index contributed by atoms with van der Waals surface area (Å²) in [5, 5.41) is 17.7. The highest BCUT2D eigenvalue weighted by molar-refractivity contribution is 9.10. The molecule has 3 aromatic rings. The second-order valence-electron chi connectivity index (χ2n) is 11.6. The standard InChI is InChI=1S/C32H32BrN3O5/c1-19-34-35-26(41-19)22(18-37)16-10-11-17-36-27(38)25-30(2)23(20-12-6-4-7-13-20)24(21-14-8-5-9-15-21)31(3,28(30)39)32(25,33)29(36)40/h4-9,12-15,22,25,37H,10-11,16-18H2,1-3H3/t22-,25?,30?,31?,32?/m1/s1. The number of rotatable bonds is 9. The first-order valence-corrected chi connectivity index (χ1v) is 14.8. The number of aliphatic hydroxyl groups excluding tert-OH is 1. The Morgan fingerprint density at radius 3 is 2.12 bits per heavy atom. The number of carbonyl (C=O) groups is 3. The van der Waals surface area contributed by atoms with Gasteiger partial charge in [-0.25, -0.2) is 0 Å². The highest BCUT2D eigenvalue weighted by Crippen LogP contribution is 2.77. The maximum atomic E-state index is 14.5. The van der Waals surface area contributed by atoms with E-state index in [-0.39, 0.29) is 36.7 Å².